The second-order valence-electron chi connectivity index (χ2n) is 3.88. The molecule has 1 atom stereocenters. The van der Waals surface area contributed by atoms with E-state index in [4.69, 9.17) is 10.5 Å². The lowest BCUT2D eigenvalue weighted by Crippen LogP contribution is -2.48. The molecule has 0 heterocycles. The number of hydrogen-bond acceptors (Lipinski definition) is 4. The Bertz CT molecular complexity index is 379. The number of thioether (sulfide) groups is 1. The van der Waals surface area contributed by atoms with Crippen LogP contribution in [0.2, 0.25) is 0 Å². The Morgan fingerprint density at radius 1 is 1.47 bits per heavy atom. The van der Waals surface area contributed by atoms with Gasteiger partial charge in [0.1, 0.15) is 11.4 Å². The van der Waals surface area contributed by atoms with Gasteiger partial charge in [0.2, 0.25) is 0 Å². The van der Waals surface area contributed by atoms with E-state index in [1.54, 1.807) is 26.0 Å². The Morgan fingerprint density at radius 3 is 2.59 bits per heavy atom. The Morgan fingerprint density at radius 2 is 2.06 bits per heavy atom. The van der Waals surface area contributed by atoms with E-state index in [1.807, 2.05) is 0 Å². The Balaban J connectivity index is 2.54. The number of ether oxygens (including phenoxy) is 1. The molecule has 1 aromatic rings. The SMILES string of the molecule is CCOC(=O)C(C)(N)CSc1ccc(F)cc1. The third-order valence-electron chi connectivity index (χ3n) is 2.09. The molecule has 0 saturated heterocycles. The molecule has 0 saturated carbocycles. The normalized spacial score (nSPS) is 14.1. The highest BCUT2D eigenvalue weighted by Crippen LogP contribution is 2.22. The molecule has 0 bridgehead atoms. The number of benzene rings is 1. The fraction of sp³-hybridized carbons (Fsp3) is 0.417. The number of halogens is 1. The zero-order valence-corrected chi connectivity index (χ0v) is 10.7. The van der Waals surface area contributed by atoms with Gasteiger partial charge in [0.25, 0.3) is 0 Å². The highest BCUT2D eigenvalue weighted by atomic mass is 32.2. The van der Waals surface area contributed by atoms with E-state index in [9.17, 15) is 9.18 Å². The molecule has 1 aromatic carbocycles. The average Bonchev–Trinajstić information content (AvgIpc) is 2.29. The van der Waals surface area contributed by atoms with Crippen molar-refractivity contribution in [2.24, 2.45) is 5.73 Å². The summed E-state index contributed by atoms with van der Waals surface area (Å²) in [5.74, 6) is -0.317. The van der Waals surface area contributed by atoms with Crippen molar-refractivity contribution in [3.63, 3.8) is 0 Å². The van der Waals surface area contributed by atoms with Gasteiger partial charge in [-0.05, 0) is 38.1 Å². The van der Waals surface area contributed by atoms with Crippen molar-refractivity contribution < 1.29 is 13.9 Å². The molecule has 17 heavy (non-hydrogen) atoms. The van der Waals surface area contributed by atoms with Crippen LogP contribution in [0.5, 0.6) is 0 Å². The molecule has 0 aliphatic carbocycles. The molecule has 94 valence electrons. The molecule has 0 spiro atoms. The molecule has 0 amide bonds. The van der Waals surface area contributed by atoms with Gasteiger partial charge >= 0.3 is 5.97 Å². The molecule has 0 aromatic heterocycles. The highest BCUT2D eigenvalue weighted by molar-refractivity contribution is 7.99. The van der Waals surface area contributed by atoms with Crippen LogP contribution in [0.25, 0.3) is 0 Å². The van der Waals surface area contributed by atoms with Crippen molar-refractivity contribution in [3.05, 3.63) is 30.1 Å². The maximum Gasteiger partial charge on any atom is 0.326 e. The van der Waals surface area contributed by atoms with E-state index >= 15 is 0 Å². The Kier molecular flexibility index (Phi) is 4.96. The van der Waals surface area contributed by atoms with Crippen LogP contribution >= 0.6 is 11.8 Å². The molecule has 1 rings (SSSR count). The van der Waals surface area contributed by atoms with Gasteiger partial charge in [-0.25, -0.2) is 4.39 Å². The van der Waals surface area contributed by atoms with E-state index in [1.165, 1.54) is 23.9 Å². The molecule has 0 aliphatic rings. The van der Waals surface area contributed by atoms with E-state index < -0.39 is 11.5 Å². The summed E-state index contributed by atoms with van der Waals surface area (Å²) >= 11 is 1.40. The van der Waals surface area contributed by atoms with Crippen LogP contribution in [-0.4, -0.2) is 23.9 Å². The lowest BCUT2D eigenvalue weighted by Gasteiger charge is -2.21. The van der Waals surface area contributed by atoms with Crippen molar-refractivity contribution >= 4 is 17.7 Å². The van der Waals surface area contributed by atoms with Crippen LogP contribution < -0.4 is 5.73 Å². The van der Waals surface area contributed by atoms with Gasteiger partial charge in [-0.2, -0.15) is 0 Å². The van der Waals surface area contributed by atoms with Crippen LogP contribution in [0.1, 0.15) is 13.8 Å². The summed E-state index contributed by atoms with van der Waals surface area (Å²) < 4.78 is 17.6. The van der Waals surface area contributed by atoms with Gasteiger partial charge in [0.05, 0.1) is 6.61 Å². The molecule has 3 nitrogen and oxygen atoms in total. The minimum atomic E-state index is -1.03. The van der Waals surface area contributed by atoms with Crippen molar-refractivity contribution in [1.29, 1.82) is 0 Å². The van der Waals surface area contributed by atoms with Crippen LogP contribution in [-0.2, 0) is 9.53 Å². The van der Waals surface area contributed by atoms with Crippen molar-refractivity contribution in [3.8, 4) is 0 Å². The lowest BCUT2D eigenvalue weighted by molar-refractivity contribution is -0.148. The topological polar surface area (TPSA) is 52.3 Å². The second kappa shape index (κ2) is 6.02. The fourth-order valence-corrected chi connectivity index (χ4v) is 2.03. The maximum atomic E-state index is 12.7. The van der Waals surface area contributed by atoms with Gasteiger partial charge < -0.3 is 10.5 Å². The van der Waals surface area contributed by atoms with E-state index in [2.05, 4.69) is 0 Å². The highest BCUT2D eigenvalue weighted by Gasteiger charge is 2.29. The third kappa shape index (κ3) is 4.36. The van der Waals surface area contributed by atoms with E-state index in [-0.39, 0.29) is 5.82 Å². The van der Waals surface area contributed by atoms with E-state index in [0.717, 1.165) is 4.90 Å². The standard InChI is InChI=1S/C12H16FNO2S/c1-3-16-11(15)12(2,14)8-17-10-6-4-9(13)5-7-10/h4-7H,3,8,14H2,1-2H3. The minimum absolute atomic E-state index is 0.282. The number of carbonyl (C=O) groups is 1. The summed E-state index contributed by atoms with van der Waals surface area (Å²) in [5, 5.41) is 0. The van der Waals surface area contributed by atoms with Gasteiger partial charge in [0, 0.05) is 10.6 Å². The number of rotatable bonds is 5. The second-order valence-corrected chi connectivity index (χ2v) is 4.93. The smallest absolute Gasteiger partial charge is 0.326 e. The first-order valence-electron chi connectivity index (χ1n) is 5.30. The first-order valence-corrected chi connectivity index (χ1v) is 6.29. The Labute approximate surface area is 105 Å². The van der Waals surface area contributed by atoms with Gasteiger partial charge in [0.15, 0.2) is 0 Å². The Hall–Kier alpha value is -1.07. The number of carbonyl (C=O) groups excluding carboxylic acids is 1. The maximum absolute atomic E-state index is 12.7. The fourth-order valence-electron chi connectivity index (χ4n) is 1.12. The largest absolute Gasteiger partial charge is 0.465 e. The summed E-state index contributed by atoms with van der Waals surface area (Å²) in [6, 6.07) is 6.06. The van der Waals surface area contributed by atoms with Crippen LogP contribution in [0, 0.1) is 5.82 Å². The summed E-state index contributed by atoms with van der Waals surface area (Å²) in [6.07, 6.45) is 0. The number of esters is 1. The molecule has 0 fully saturated rings. The monoisotopic (exact) mass is 257 g/mol. The predicted octanol–water partition coefficient (Wildman–Crippen LogP) is 2.20. The quantitative estimate of drug-likeness (QED) is 0.649. The van der Waals surface area contributed by atoms with Crippen molar-refractivity contribution in [2.75, 3.05) is 12.4 Å². The molecule has 0 aliphatic heterocycles. The molecule has 1 unspecified atom stereocenters. The summed E-state index contributed by atoms with van der Waals surface area (Å²) in [7, 11) is 0. The average molecular weight is 257 g/mol. The first kappa shape index (κ1) is 14.0. The summed E-state index contributed by atoms with van der Waals surface area (Å²) in [4.78, 5) is 12.4. The lowest BCUT2D eigenvalue weighted by atomic mass is 10.1. The number of nitrogens with two attached hydrogens (primary N) is 1. The van der Waals surface area contributed by atoms with Crippen LogP contribution in [0.15, 0.2) is 29.2 Å². The minimum Gasteiger partial charge on any atom is -0.465 e. The third-order valence-corrected chi connectivity index (χ3v) is 3.44. The van der Waals surface area contributed by atoms with Crippen molar-refractivity contribution in [2.45, 2.75) is 24.3 Å². The molecule has 5 heteroatoms. The van der Waals surface area contributed by atoms with E-state index in [0.29, 0.717) is 12.4 Å². The molecular formula is C12H16FNO2S. The zero-order valence-electron chi connectivity index (χ0n) is 9.90. The van der Waals surface area contributed by atoms with Gasteiger partial charge in [-0.1, -0.05) is 0 Å². The first-order chi connectivity index (χ1) is 7.95. The molecule has 2 N–H and O–H groups in total. The predicted molar refractivity (Wildman–Crippen MR) is 66.3 cm³/mol. The summed E-state index contributed by atoms with van der Waals surface area (Å²) in [5.41, 5.74) is 4.82. The molecule has 0 radical (unpaired) electrons. The van der Waals surface area contributed by atoms with Crippen LogP contribution in [0.3, 0.4) is 0 Å². The molecular weight excluding hydrogens is 241 g/mol. The van der Waals surface area contributed by atoms with Gasteiger partial charge in [-0.15, -0.1) is 11.8 Å². The number of hydrogen-bond donors (Lipinski definition) is 1. The zero-order chi connectivity index (χ0) is 12.9. The van der Waals surface area contributed by atoms with Crippen LogP contribution in [0.4, 0.5) is 4.39 Å². The summed E-state index contributed by atoms with van der Waals surface area (Å²) in [6.45, 7) is 3.68. The van der Waals surface area contributed by atoms with Gasteiger partial charge in [-0.3, -0.25) is 4.79 Å². The van der Waals surface area contributed by atoms with Crippen molar-refractivity contribution in [1.82, 2.24) is 0 Å².